The number of methoxy groups -OCH3 is 1. The molecule has 0 fully saturated rings. The van der Waals surface area contributed by atoms with Crippen molar-refractivity contribution in [3.8, 4) is 11.6 Å². The van der Waals surface area contributed by atoms with Crippen molar-refractivity contribution >= 4 is 21.8 Å². The van der Waals surface area contributed by atoms with Gasteiger partial charge in [0.2, 0.25) is 5.88 Å². The number of carbonyl (C=O) groups is 1. The predicted molar refractivity (Wildman–Crippen MR) is 86.9 cm³/mol. The lowest BCUT2D eigenvalue weighted by Crippen LogP contribution is -2.35. The molecule has 1 N–H and O–H groups in total. The minimum atomic E-state index is -0.576. The Morgan fingerprint density at radius 1 is 1.27 bits per heavy atom. The van der Waals surface area contributed by atoms with Crippen LogP contribution in [0.15, 0.2) is 47.1 Å². The molecule has 5 nitrogen and oxygen atoms in total. The zero-order chi connectivity index (χ0) is 15.9. The van der Waals surface area contributed by atoms with Gasteiger partial charge in [-0.25, -0.2) is 4.98 Å². The molecule has 0 saturated carbocycles. The van der Waals surface area contributed by atoms with E-state index in [1.54, 1.807) is 38.4 Å². The molecule has 1 heterocycles. The van der Waals surface area contributed by atoms with Crippen LogP contribution in [0.2, 0.25) is 0 Å². The van der Waals surface area contributed by atoms with Gasteiger partial charge in [-0.05, 0) is 36.8 Å². The molecule has 116 valence electrons. The molecule has 0 spiro atoms. The lowest BCUT2D eigenvalue weighted by Gasteiger charge is -2.14. The van der Waals surface area contributed by atoms with Gasteiger partial charge in [-0.2, -0.15) is 0 Å². The molecule has 0 aliphatic carbocycles. The first-order valence-corrected chi connectivity index (χ1v) is 7.56. The quantitative estimate of drug-likeness (QED) is 0.855. The van der Waals surface area contributed by atoms with Gasteiger partial charge in [0.05, 0.1) is 7.11 Å². The van der Waals surface area contributed by atoms with Crippen molar-refractivity contribution in [2.24, 2.45) is 0 Å². The summed E-state index contributed by atoms with van der Waals surface area (Å²) >= 11 is 3.35. The molecule has 0 unspecified atom stereocenters. The fraction of sp³-hybridized carbons (Fsp3) is 0.250. The fourth-order valence-electron chi connectivity index (χ4n) is 1.74. The van der Waals surface area contributed by atoms with Gasteiger partial charge in [0.25, 0.3) is 5.91 Å². The van der Waals surface area contributed by atoms with Gasteiger partial charge < -0.3 is 14.8 Å². The molecule has 22 heavy (non-hydrogen) atoms. The highest BCUT2D eigenvalue weighted by molar-refractivity contribution is 9.10. The van der Waals surface area contributed by atoms with Gasteiger partial charge in [-0.15, -0.1) is 0 Å². The van der Waals surface area contributed by atoms with E-state index in [2.05, 4.69) is 26.2 Å². The highest BCUT2D eigenvalue weighted by Crippen LogP contribution is 2.17. The summed E-state index contributed by atoms with van der Waals surface area (Å²) in [5.74, 6) is 1.01. The maximum Gasteiger partial charge on any atom is 0.261 e. The zero-order valence-electron chi connectivity index (χ0n) is 12.4. The molecule has 0 aliphatic rings. The van der Waals surface area contributed by atoms with E-state index in [9.17, 15) is 4.79 Å². The molecule has 0 aliphatic heterocycles. The second-order valence-corrected chi connectivity index (χ2v) is 5.56. The van der Waals surface area contributed by atoms with Gasteiger partial charge >= 0.3 is 0 Å². The van der Waals surface area contributed by atoms with Crippen molar-refractivity contribution in [1.29, 1.82) is 0 Å². The zero-order valence-corrected chi connectivity index (χ0v) is 14.0. The monoisotopic (exact) mass is 364 g/mol. The van der Waals surface area contributed by atoms with Gasteiger partial charge in [0.1, 0.15) is 5.75 Å². The third-order valence-electron chi connectivity index (χ3n) is 2.97. The van der Waals surface area contributed by atoms with Gasteiger partial charge in [0.15, 0.2) is 6.10 Å². The van der Waals surface area contributed by atoms with E-state index in [4.69, 9.17) is 9.47 Å². The van der Waals surface area contributed by atoms with Crippen molar-refractivity contribution in [2.75, 3.05) is 7.11 Å². The van der Waals surface area contributed by atoms with Crippen LogP contribution < -0.4 is 14.8 Å². The SMILES string of the molecule is COc1ccc(CNC(=O)[C@@H](C)Oc2ccc(Br)cc2)cn1. The lowest BCUT2D eigenvalue weighted by atomic mass is 10.2. The summed E-state index contributed by atoms with van der Waals surface area (Å²) < 4.78 is 11.5. The number of pyridine rings is 1. The number of carbonyl (C=O) groups excluding carboxylic acids is 1. The number of hydrogen-bond acceptors (Lipinski definition) is 4. The van der Waals surface area contributed by atoms with Crippen LogP contribution in [0.3, 0.4) is 0 Å². The van der Waals surface area contributed by atoms with E-state index < -0.39 is 6.10 Å². The third-order valence-corrected chi connectivity index (χ3v) is 3.50. The maximum absolute atomic E-state index is 12.0. The Bertz CT molecular complexity index is 614. The van der Waals surface area contributed by atoms with Crippen LogP contribution in [0.25, 0.3) is 0 Å². The van der Waals surface area contributed by atoms with Crippen molar-refractivity contribution < 1.29 is 14.3 Å². The summed E-state index contributed by atoms with van der Waals surface area (Å²) in [6, 6.07) is 10.9. The van der Waals surface area contributed by atoms with Crippen LogP contribution in [0.5, 0.6) is 11.6 Å². The molecular weight excluding hydrogens is 348 g/mol. The third kappa shape index (κ3) is 4.73. The molecule has 0 saturated heterocycles. The Balaban J connectivity index is 1.84. The molecule has 1 amide bonds. The molecule has 2 rings (SSSR count). The van der Waals surface area contributed by atoms with Crippen molar-refractivity contribution in [2.45, 2.75) is 19.6 Å². The van der Waals surface area contributed by atoms with E-state index >= 15 is 0 Å². The van der Waals surface area contributed by atoms with Gasteiger partial charge in [-0.1, -0.05) is 22.0 Å². The molecule has 0 bridgehead atoms. The highest BCUT2D eigenvalue weighted by atomic mass is 79.9. The minimum Gasteiger partial charge on any atom is -0.481 e. The smallest absolute Gasteiger partial charge is 0.261 e. The molecule has 0 radical (unpaired) electrons. The largest absolute Gasteiger partial charge is 0.481 e. The molecule has 2 aromatic rings. The first-order valence-electron chi connectivity index (χ1n) is 6.77. The molecule has 1 atom stereocenters. The second kappa shape index (κ2) is 7.79. The topological polar surface area (TPSA) is 60.5 Å². The number of halogens is 1. The number of nitrogens with zero attached hydrogens (tertiary/aromatic N) is 1. The van der Waals surface area contributed by atoms with Crippen LogP contribution >= 0.6 is 15.9 Å². The van der Waals surface area contributed by atoms with E-state index in [-0.39, 0.29) is 5.91 Å². The van der Waals surface area contributed by atoms with Crippen molar-refractivity contribution in [1.82, 2.24) is 10.3 Å². The predicted octanol–water partition coefficient (Wildman–Crippen LogP) is 2.94. The Morgan fingerprint density at radius 3 is 2.59 bits per heavy atom. The van der Waals surface area contributed by atoms with E-state index in [1.807, 2.05) is 18.2 Å². The summed E-state index contributed by atoms with van der Waals surface area (Å²) in [7, 11) is 1.56. The first kappa shape index (κ1) is 16.3. The lowest BCUT2D eigenvalue weighted by molar-refractivity contribution is -0.127. The number of amides is 1. The summed E-state index contributed by atoms with van der Waals surface area (Å²) in [6.07, 6.45) is 1.09. The van der Waals surface area contributed by atoms with E-state index in [0.717, 1.165) is 10.0 Å². The minimum absolute atomic E-state index is 0.182. The van der Waals surface area contributed by atoms with Gasteiger partial charge in [0, 0.05) is 23.3 Å². The summed E-state index contributed by atoms with van der Waals surface area (Å²) in [4.78, 5) is 16.1. The van der Waals surface area contributed by atoms with Crippen molar-refractivity contribution in [3.05, 3.63) is 52.6 Å². The van der Waals surface area contributed by atoms with Crippen LogP contribution in [0.1, 0.15) is 12.5 Å². The highest BCUT2D eigenvalue weighted by Gasteiger charge is 2.14. The average Bonchev–Trinajstić information content (AvgIpc) is 2.55. The van der Waals surface area contributed by atoms with E-state index in [1.165, 1.54) is 0 Å². The fourth-order valence-corrected chi connectivity index (χ4v) is 2.00. The average molecular weight is 365 g/mol. The van der Waals surface area contributed by atoms with Crippen LogP contribution in [0, 0.1) is 0 Å². The Labute approximate surface area is 137 Å². The summed E-state index contributed by atoms with van der Waals surface area (Å²) in [5, 5.41) is 2.81. The Morgan fingerprint density at radius 2 is 2.00 bits per heavy atom. The number of ether oxygens (including phenoxy) is 2. The number of benzene rings is 1. The number of aromatic nitrogens is 1. The Kier molecular flexibility index (Phi) is 5.77. The van der Waals surface area contributed by atoms with Crippen LogP contribution in [0.4, 0.5) is 0 Å². The van der Waals surface area contributed by atoms with Crippen molar-refractivity contribution in [3.63, 3.8) is 0 Å². The maximum atomic E-state index is 12.0. The molecule has 6 heteroatoms. The number of rotatable bonds is 6. The summed E-state index contributed by atoms with van der Waals surface area (Å²) in [5.41, 5.74) is 0.894. The first-order chi connectivity index (χ1) is 10.6. The van der Waals surface area contributed by atoms with Crippen LogP contribution in [-0.4, -0.2) is 24.1 Å². The Hall–Kier alpha value is -2.08. The normalized spacial score (nSPS) is 11.6. The molecule has 1 aromatic carbocycles. The molecule has 1 aromatic heterocycles. The van der Waals surface area contributed by atoms with Crippen LogP contribution in [-0.2, 0) is 11.3 Å². The number of hydrogen-bond donors (Lipinski definition) is 1. The molecular formula is C16H17BrN2O3. The standard InChI is InChI=1S/C16H17BrN2O3/c1-11(22-14-6-4-13(17)5-7-14)16(20)19-10-12-3-8-15(21-2)18-9-12/h3-9,11H,10H2,1-2H3,(H,19,20)/t11-/m1/s1. The second-order valence-electron chi connectivity index (χ2n) is 4.64. The van der Waals surface area contributed by atoms with Gasteiger partial charge in [-0.3, -0.25) is 4.79 Å². The number of nitrogens with one attached hydrogen (secondary N) is 1. The van der Waals surface area contributed by atoms with E-state index in [0.29, 0.717) is 18.2 Å². The summed E-state index contributed by atoms with van der Waals surface area (Å²) in [6.45, 7) is 2.10.